The number of para-hydroxylation sites is 1. The van der Waals surface area contributed by atoms with Crippen LogP contribution >= 0.6 is 0 Å². The Balaban J connectivity index is 1.63. The molecule has 7 nitrogen and oxygen atoms in total. The smallest absolute Gasteiger partial charge is 0.243 e. The Labute approximate surface area is 183 Å². The van der Waals surface area contributed by atoms with E-state index in [2.05, 4.69) is 5.32 Å². The van der Waals surface area contributed by atoms with Gasteiger partial charge in [-0.05, 0) is 43.2 Å². The van der Waals surface area contributed by atoms with Gasteiger partial charge >= 0.3 is 0 Å². The number of ether oxygens (including phenoxy) is 2. The van der Waals surface area contributed by atoms with Crippen LogP contribution in [0.25, 0.3) is 0 Å². The summed E-state index contributed by atoms with van der Waals surface area (Å²) in [7, 11) is -3.69. The fourth-order valence-corrected chi connectivity index (χ4v) is 5.44. The van der Waals surface area contributed by atoms with Crippen molar-refractivity contribution in [2.75, 3.05) is 31.6 Å². The zero-order chi connectivity index (χ0) is 21.7. The molecule has 1 saturated heterocycles. The van der Waals surface area contributed by atoms with E-state index in [9.17, 15) is 13.2 Å². The molecule has 1 aliphatic heterocycles. The van der Waals surface area contributed by atoms with Crippen molar-refractivity contribution in [3.05, 3.63) is 48.5 Å². The van der Waals surface area contributed by atoms with Gasteiger partial charge in [0.2, 0.25) is 15.9 Å². The van der Waals surface area contributed by atoms with E-state index in [1.54, 1.807) is 6.07 Å². The maximum atomic E-state index is 13.1. The summed E-state index contributed by atoms with van der Waals surface area (Å²) in [5.41, 5.74) is 0.369. The van der Waals surface area contributed by atoms with Crippen LogP contribution in [0.1, 0.15) is 32.1 Å². The fourth-order valence-electron chi connectivity index (χ4n) is 4.01. The van der Waals surface area contributed by atoms with Crippen LogP contribution < -0.4 is 10.1 Å². The van der Waals surface area contributed by atoms with Gasteiger partial charge in [0.25, 0.3) is 0 Å². The summed E-state index contributed by atoms with van der Waals surface area (Å²) in [6.45, 7) is 1.38. The highest BCUT2D eigenvalue weighted by molar-refractivity contribution is 7.89. The van der Waals surface area contributed by atoms with Gasteiger partial charge in [0.15, 0.2) is 5.75 Å². The highest BCUT2D eigenvalue weighted by Crippen LogP contribution is 2.34. The van der Waals surface area contributed by atoms with Crippen molar-refractivity contribution in [3.63, 3.8) is 0 Å². The van der Waals surface area contributed by atoms with Crippen molar-refractivity contribution in [2.45, 2.75) is 37.0 Å². The molecule has 2 aromatic carbocycles. The molecule has 4 rings (SSSR count). The third-order valence-electron chi connectivity index (χ3n) is 5.76. The molecule has 1 N–H and O–H groups in total. The Morgan fingerprint density at radius 1 is 1.00 bits per heavy atom. The number of nitrogens with one attached hydrogen (secondary N) is 1. The lowest BCUT2D eigenvalue weighted by atomic mass is 9.88. The molecule has 31 heavy (non-hydrogen) atoms. The van der Waals surface area contributed by atoms with E-state index in [-0.39, 0.29) is 16.7 Å². The average molecular weight is 445 g/mol. The highest BCUT2D eigenvalue weighted by atomic mass is 32.2. The average Bonchev–Trinajstić information content (AvgIpc) is 2.82. The Morgan fingerprint density at radius 2 is 1.71 bits per heavy atom. The molecule has 0 bridgehead atoms. The number of rotatable bonds is 6. The monoisotopic (exact) mass is 444 g/mol. The Hall–Kier alpha value is -2.42. The van der Waals surface area contributed by atoms with Crippen LogP contribution in [0.15, 0.2) is 53.4 Å². The maximum Gasteiger partial charge on any atom is 0.243 e. The van der Waals surface area contributed by atoms with Gasteiger partial charge in [0.05, 0.1) is 23.8 Å². The minimum absolute atomic E-state index is 0.0576. The van der Waals surface area contributed by atoms with Crippen LogP contribution in [0.2, 0.25) is 0 Å². The lowest BCUT2D eigenvalue weighted by Gasteiger charge is -2.26. The lowest BCUT2D eigenvalue weighted by molar-refractivity contribution is -0.120. The molecule has 0 atom stereocenters. The largest absolute Gasteiger partial charge is 0.455 e. The number of hydrogen-bond acceptors (Lipinski definition) is 5. The predicted octanol–water partition coefficient (Wildman–Crippen LogP) is 4.02. The van der Waals surface area contributed by atoms with Gasteiger partial charge < -0.3 is 14.8 Å². The number of morpholine rings is 1. The molecule has 8 heteroatoms. The molecular weight excluding hydrogens is 416 g/mol. The van der Waals surface area contributed by atoms with Crippen LogP contribution in [0.5, 0.6) is 11.5 Å². The summed E-state index contributed by atoms with van der Waals surface area (Å²) in [5, 5.41) is 2.94. The first-order valence-electron chi connectivity index (χ1n) is 10.8. The van der Waals surface area contributed by atoms with Gasteiger partial charge in [-0.25, -0.2) is 8.42 Å². The zero-order valence-electron chi connectivity index (χ0n) is 17.5. The molecule has 166 valence electrons. The van der Waals surface area contributed by atoms with E-state index in [0.717, 1.165) is 32.1 Å². The highest BCUT2D eigenvalue weighted by Gasteiger charge is 2.28. The molecule has 1 heterocycles. The predicted molar refractivity (Wildman–Crippen MR) is 118 cm³/mol. The summed E-state index contributed by atoms with van der Waals surface area (Å²) in [6.07, 6.45) is 4.94. The number of anilines is 1. The number of carbonyl (C=O) groups is 1. The molecule has 0 radical (unpaired) electrons. The van der Waals surface area contributed by atoms with Gasteiger partial charge in [-0.3, -0.25) is 4.79 Å². The van der Waals surface area contributed by atoms with Gasteiger partial charge in [-0.15, -0.1) is 0 Å². The summed E-state index contributed by atoms with van der Waals surface area (Å²) < 4.78 is 38.9. The van der Waals surface area contributed by atoms with Crippen molar-refractivity contribution in [1.29, 1.82) is 0 Å². The number of sulfonamides is 1. The van der Waals surface area contributed by atoms with Crippen LogP contribution in [0.4, 0.5) is 5.69 Å². The van der Waals surface area contributed by atoms with E-state index in [1.165, 1.54) is 16.4 Å². The molecule has 2 fully saturated rings. The van der Waals surface area contributed by atoms with E-state index in [1.807, 2.05) is 30.3 Å². The molecule has 0 spiro atoms. The van der Waals surface area contributed by atoms with Gasteiger partial charge in [-0.2, -0.15) is 4.31 Å². The minimum atomic E-state index is -3.69. The van der Waals surface area contributed by atoms with Gasteiger partial charge in [-0.1, -0.05) is 37.5 Å². The molecule has 2 aromatic rings. The van der Waals surface area contributed by atoms with Crippen LogP contribution in [-0.4, -0.2) is 44.9 Å². The Kier molecular flexibility index (Phi) is 6.89. The molecule has 1 aliphatic carbocycles. The third-order valence-corrected chi connectivity index (χ3v) is 7.66. The van der Waals surface area contributed by atoms with Crippen molar-refractivity contribution in [1.82, 2.24) is 4.31 Å². The number of nitrogens with zero attached hydrogens (tertiary/aromatic N) is 1. The summed E-state index contributed by atoms with van der Waals surface area (Å²) in [5.74, 6) is 0.882. The summed E-state index contributed by atoms with van der Waals surface area (Å²) in [4.78, 5) is 13.0. The normalized spacial score (nSPS) is 18.5. The quantitative estimate of drug-likeness (QED) is 0.727. The number of hydrogen-bond donors (Lipinski definition) is 1. The van der Waals surface area contributed by atoms with Crippen LogP contribution in [-0.2, 0) is 19.6 Å². The van der Waals surface area contributed by atoms with E-state index < -0.39 is 10.0 Å². The van der Waals surface area contributed by atoms with Gasteiger partial charge in [0.1, 0.15) is 5.75 Å². The van der Waals surface area contributed by atoms with Crippen molar-refractivity contribution < 1.29 is 22.7 Å². The van der Waals surface area contributed by atoms with Crippen molar-refractivity contribution in [2.24, 2.45) is 5.92 Å². The minimum Gasteiger partial charge on any atom is -0.455 e. The lowest BCUT2D eigenvalue weighted by Crippen LogP contribution is -2.40. The standard InChI is InChI=1S/C23H28N2O5S/c26-23(18-7-3-1-4-8-18)24-21-17-20(31(27,28)25-13-15-29-16-14-25)11-12-22(21)30-19-9-5-2-6-10-19/h2,5-6,9-12,17-18H,1,3-4,7-8,13-16H2,(H,24,26). The molecule has 2 aliphatic rings. The first kappa shape index (κ1) is 21.8. The molecule has 0 unspecified atom stereocenters. The van der Waals surface area contributed by atoms with Crippen molar-refractivity contribution >= 4 is 21.6 Å². The molecule has 1 saturated carbocycles. The summed E-state index contributed by atoms with van der Waals surface area (Å²) in [6, 6.07) is 13.9. The van der Waals surface area contributed by atoms with Crippen LogP contribution in [0, 0.1) is 5.92 Å². The first-order chi connectivity index (χ1) is 15.0. The Bertz CT molecular complexity index is 998. The first-order valence-corrected chi connectivity index (χ1v) is 12.2. The zero-order valence-corrected chi connectivity index (χ0v) is 18.3. The summed E-state index contributed by atoms with van der Waals surface area (Å²) >= 11 is 0. The van der Waals surface area contributed by atoms with E-state index in [4.69, 9.17) is 9.47 Å². The fraction of sp³-hybridized carbons (Fsp3) is 0.435. The topological polar surface area (TPSA) is 84.9 Å². The molecule has 0 aromatic heterocycles. The number of benzene rings is 2. The number of amides is 1. The SMILES string of the molecule is O=C(Nc1cc(S(=O)(=O)N2CCOCC2)ccc1Oc1ccccc1)C1CCCCC1. The van der Waals surface area contributed by atoms with E-state index >= 15 is 0 Å². The van der Waals surface area contributed by atoms with Crippen LogP contribution in [0.3, 0.4) is 0 Å². The van der Waals surface area contributed by atoms with Gasteiger partial charge in [0, 0.05) is 19.0 Å². The molecule has 1 amide bonds. The number of carbonyl (C=O) groups excluding carboxylic acids is 1. The second-order valence-corrected chi connectivity index (χ2v) is 9.85. The molecular formula is C23H28N2O5S. The Morgan fingerprint density at radius 3 is 2.42 bits per heavy atom. The second kappa shape index (κ2) is 9.80. The maximum absolute atomic E-state index is 13.1. The van der Waals surface area contributed by atoms with E-state index in [0.29, 0.717) is 43.5 Å². The van der Waals surface area contributed by atoms with Crippen molar-refractivity contribution in [3.8, 4) is 11.5 Å². The second-order valence-electron chi connectivity index (χ2n) is 7.91. The third kappa shape index (κ3) is 5.26.